The Bertz CT molecular complexity index is 96.3. The fraction of sp³-hybridized carbons (Fsp3) is 1.00. The van der Waals surface area contributed by atoms with Crippen LogP contribution in [-0.4, -0.2) is 44.9 Å². The number of quaternary nitrogens is 1. The van der Waals surface area contributed by atoms with Gasteiger partial charge in [-0.1, -0.05) is 0 Å². The van der Waals surface area contributed by atoms with Gasteiger partial charge in [-0.3, -0.25) is 0 Å². The average Bonchev–Trinajstić information content (AvgIpc) is 2.38. The standard InChI is InChI=1S/C7H16NO.BrH/c1-8(2,3)5-4-7-6-9-7;/h7H,4-6H2,1-3H3;1H/q+1;/p-1. The number of hydrogen-bond donors (Lipinski definition) is 0. The van der Waals surface area contributed by atoms with Gasteiger partial charge in [-0.05, 0) is 0 Å². The van der Waals surface area contributed by atoms with Gasteiger partial charge in [0.05, 0.1) is 40.4 Å². The monoisotopic (exact) mass is 209 g/mol. The summed E-state index contributed by atoms with van der Waals surface area (Å²) in [6.45, 7) is 2.23. The highest BCUT2D eigenvalue weighted by atomic mass is 79.9. The second kappa shape index (κ2) is 3.69. The van der Waals surface area contributed by atoms with E-state index in [1.54, 1.807) is 0 Å². The molecule has 10 heavy (non-hydrogen) atoms. The molecule has 1 fully saturated rings. The molecule has 0 aromatic heterocycles. The second-order valence-corrected chi connectivity index (χ2v) is 3.76. The third-order valence-electron chi connectivity index (χ3n) is 1.52. The molecule has 3 heteroatoms. The predicted octanol–water partition coefficient (Wildman–Crippen LogP) is -2.51. The molecule has 0 aromatic carbocycles. The van der Waals surface area contributed by atoms with Gasteiger partial charge in [-0.25, -0.2) is 0 Å². The smallest absolute Gasteiger partial charge is 0.0863 e. The van der Waals surface area contributed by atoms with Gasteiger partial charge >= 0.3 is 0 Å². The number of nitrogens with zero attached hydrogens (tertiary/aromatic N) is 1. The first-order valence-corrected chi connectivity index (χ1v) is 3.50. The minimum atomic E-state index is 0. The van der Waals surface area contributed by atoms with Gasteiger partial charge < -0.3 is 26.2 Å². The number of rotatable bonds is 3. The van der Waals surface area contributed by atoms with Gasteiger partial charge in [-0.2, -0.15) is 0 Å². The van der Waals surface area contributed by atoms with Crippen LogP contribution < -0.4 is 17.0 Å². The van der Waals surface area contributed by atoms with Crippen LogP contribution in [0.25, 0.3) is 0 Å². The molecule has 0 N–H and O–H groups in total. The summed E-state index contributed by atoms with van der Waals surface area (Å²) in [7, 11) is 6.63. The fourth-order valence-corrected chi connectivity index (χ4v) is 0.766. The predicted molar refractivity (Wildman–Crippen MR) is 37.3 cm³/mol. The van der Waals surface area contributed by atoms with E-state index in [2.05, 4.69) is 21.1 Å². The second-order valence-electron chi connectivity index (χ2n) is 3.76. The summed E-state index contributed by atoms with van der Waals surface area (Å²) in [6, 6.07) is 0. The zero-order chi connectivity index (χ0) is 6.91. The van der Waals surface area contributed by atoms with Gasteiger partial charge in [0.1, 0.15) is 0 Å². The number of hydrogen-bond acceptors (Lipinski definition) is 1. The Hall–Kier alpha value is 0.400. The lowest BCUT2D eigenvalue weighted by atomic mass is 10.3. The number of ether oxygens (including phenoxy) is 1. The van der Waals surface area contributed by atoms with E-state index in [4.69, 9.17) is 4.74 Å². The first-order valence-electron chi connectivity index (χ1n) is 3.50. The lowest BCUT2D eigenvalue weighted by Gasteiger charge is -2.23. The molecule has 0 saturated carbocycles. The van der Waals surface area contributed by atoms with Crippen molar-refractivity contribution < 1.29 is 26.2 Å². The summed E-state index contributed by atoms with van der Waals surface area (Å²) >= 11 is 0. The Kier molecular flexibility index (Phi) is 3.84. The quantitative estimate of drug-likeness (QED) is 0.370. The van der Waals surface area contributed by atoms with E-state index in [0.717, 1.165) is 11.1 Å². The summed E-state index contributed by atoms with van der Waals surface area (Å²) in [5.41, 5.74) is 0. The molecule has 1 rings (SSSR count). The highest BCUT2D eigenvalue weighted by Gasteiger charge is 2.24. The van der Waals surface area contributed by atoms with Crippen molar-refractivity contribution in [3.05, 3.63) is 0 Å². The van der Waals surface area contributed by atoms with Crippen LogP contribution in [0, 0.1) is 0 Å². The first kappa shape index (κ1) is 10.4. The Balaban J connectivity index is 0.000000810. The molecule has 0 aromatic rings. The summed E-state index contributed by atoms with van der Waals surface area (Å²) in [5, 5.41) is 0. The zero-order valence-electron chi connectivity index (χ0n) is 6.93. The Morgan fingerprint density at radius 2 is 1.90 bits per heavy atom. The lowest BCUT2D eigenvalue weighted by Crippen LogP contribution is -3.00. The van der Waals surface area contributed by atoms with E-state index >= 15 is 0 Å². The minimum Gasteiger partial charge on any atom is -1.00 e. The van der Waals surface area contributed by atoms with Gasteiger partial charge in [0.25, 0.3) is 0 Å². The Morgan fingerprint density at radius 1 is 1.40 bits per heavy atom. The summed E-state index contributed by atoms with van der Waals surface area (Å²) < 4.78 is 6.15. The lowest BCUT2D eigenvalue weighted by molar-refractivity contribution is -0.870. The van der Waals surface area contributed by atoms with E-state index in [-0.39, 0.29) is 17.0 Å². The molecule has 1 aliphatic heterocycles. The third-order valence-corrected chi connectivity index (χ3v) is 1.52. The molecular weight excluding hydrogens is 194 g/mol. The first-order chi connectivity index (χ1) is 4.08. The maximum atomic E-state index is 5.09. The normalized spacial score (nSPS) is 23.7. The molecular formula is C7H16BrNO. The average molecular weight is 210 g/mol. The van der Waals surface area contributed by atoms with Crippen LogP contribution >= 0.6 is 0 Å². The van der Waals surface area contributed by atoms with Gasteiger partial charge in [-0.15, -0.1) is 0 Å². The molecule has 0 spiro atoms. The number of epoxide rings is 1. The van der Waals surface area contributed by atoms with Crippen LogP contribution in [0.3, 0.4) is 0 Å². The van der Waals surface area contributed by atoms with Crippen LogP contribution in [0.2, 0.25) is 0 Å². The molecule has 0 aliphatic carbocycles. The fourth-order valence-electron chi connectivity index (χ4n) is 0.766. The molecule has 1 aliphatic rings. The van der Waals surface area contributed by atoms with Crippen molar-refractivity contribution in [1.29, 1.82) is 0 Å². The van der Waals surface area contributed by atoms with E-state index < -0.39 is 0 Å². The van der Waals surface area contributed by atoms with Crippen molar-refractivity contribution >= 4 is 0 Å². The molecule has 0 bridgehead atoms. The highest BCUT2D eigenvalue weighted by Crippen LogP contribution is 2.14. The third kappa shape index (κ3) is 5.21. The van der Waals surface area contributed by atoms with E-state index in [1.165, 1.54) is 13.0 Å². The van der Waals surface area contributed by atoms with Gasteiger partial charge in [0.15, 0.2) is 0 Å². The van der Waals surface area contributed by atoms with Crippen molar-refractivity contribution in [1.82, 2.24) is 0 Å². The summed E-state index contributed by atoms with van der Waals surface area (Å²) in [4.78, 5) is 0. The van der Waals surface area contributed by atoms with Crippen LogP contribution in [-0.2, 0) is 4.74 Å². The van der Waals surface area contributed by atoms with E-state index in [0.29, 0.717) is 6.10 Å². The zero-order valence-corrected chi connectivity index (χ0v) is 8.52. The minimum absolute atomic E-state index is 0. The number of halogens is 1. The largest absolute Gasteiger partial charge is 1.00 e. The molecule has 0 amide bonds. The van der Waals surface area contributed by atoms with Crippen LogP contribution in [0.5, 0.6) is 0 Å². The van der Waals surface area contributed by atoms with Crippen molar-refractivity contribution in [2.75, 3.05) is 34.3 Å². The molecule has 1 heterocycles. The van der Waals surface area contributed by atoms with E-state index in [1.807, 2.05) is 0 Å². The summed E-state index contributed by atoms with van der Waals surface area (Å²) in [6.07, 6.45) is 1.83. The van der Waals surface area contributed by atoms with Crippen molar-refractivity contribution in [2.45, 2.75) is 12.5 Å². The van der Waals surface area contributed by atoms with Crippen molar-refractivity contribution in [3.63, 3.8) is 0 Å². The topological polar surface area (TPSA) is 12.5 Å². The SMILES string of the molecule is C[N+](C)(C)CCC1CO1.[Br-]. The van der Waals surface area contributed by atoms with Crippen LogP contribution in [0.1, 0.15) is 6.42 Å². The molecule has 1 saturated heterocycles. The summed E-state index contributed by atoms with van der Waals surface area (Å²) in [5.74, 6) is 0. The van der Waals surface area contributed by atoms with Gasteiger partial charge in [0.2, 0.25) is 0 Å². The molecule has 62 valence electrons. The van der Waals surface area contributed by atoms with Crippen LogP contribution in [0.4, 0.5) is 0 Å². The molecule has 1 unspecified atom stereocenters. The highest BCUT2D eigenvalue weighted by molar-refractivity contribution is 4.67. The Labute approximate surface area is 73.5 Å². The molecule has 2 nitrogen and oxygen atoms in total. The van der Waals surface area contributed by atoms with Crippen molar-refractivity contribution in [2.24, 2.45) is 0 Å². The molecule has 1 atom stereocenters. The maximum absolute atomic E-state index is 5.09. The van der Waals surface area contributed by atoms with Crippen LogP contribution in [0.15, 0.2) is 0 Å². The van der Waals surface area contributed by atoms with Crippen molar-refractivity contribution in [3.8, 4) is 0 Å². The maximum Gasteiger partial charge on any atom is 0.0863 e. The van der Waals surface area contributed by atoms with Gasteiger partial charge in [0, 0.05) is 6.42 Å². The Morgan fingerprint density at radius 3 is 2.20 bits per heavy atom. The van der Waals surface area contributed by atoms with E-state index in [9.17, 15) is 0 Å². The molecule has 0 radical (unpaired) electrons.